The highest BCUT2D eigenvalue weighted by Gasteiger charge is 2.30. The summed E-state index contributed by atoms with van der Waals surface area (Å²) in [6, 6.07) is 8.86. The summed E-state index contributed by atoms with van der Waals surface area (Å²) in [6.45, 7) is 4.54. The first-order valence-corrected chi connectivity index (χ1v) is 9.37. The van der Waals surface area contributed by atoms with Crippen LogP contribution in [-0.4, -0.2) is 53.5 Å². The SMILES string of the molecule is CC(NC(=O)C1CCCN(C(=O)CCOc2ccccc2)C1)C(C)C(=O)O. The number of amides is 2. The van der Waals surface area contributed by atoms with E-state index in [0.29, 0.717) is 26.1 Å². The molecular formula is C20H28N2O5. The molecule has 1 saturated heterocycles. The maximum atomic E-state index is 12.4. The summed E-state index contributed by atoms with van der Waals surface area (Å²) in [6.07, 6.45) is 1.71. The van der Waals surface area contributed by atoms with Crippen molar-refractivity contribution >= 4 is 17.8 Å². The third-order valence-corrected chi connectivity index (χ3v) is 4.98. The van der Waals surface area contributed by atoms with Crippen molar-refractivity contribution in [1.29, 1.82) is 0 Å². The Hall–Kier alpha value is -2.57. The second-order valence-electron chi connectivity index (χ2n) is 7.01. The van der Waals surface area contributed by atoms with Crippen molar-refractivity contribution < 1.29 is 24.2 Å². The van der Waals surface area contributed by atoms with E-state index < -0.39 is 17.9 Å². The van der Waals surface area contributed by atoms with Gasteiger partial charge in [-0.05, 0) is 38.8 Å². The number of nitrogens with one attached hydrogen (secondary N) is 1. The van der Waals surface area contributed by atoms with Gasteiger partial charge in [0.1, 0.15) is 5.75 Å². The number of likely N-dealkylation sites (tertiary alicyclic amines) is 1. The summed E-state index contributed by atoms with van der Waals surface area (Å²) in [4.78, 5) is 37.6. The molecule has 1 aromatic rings. The third kappa shape index (κ3) is 6.27. The van der Waals surface area contributed by atoms with E-state index in [0.717, 1.165) is 12.2 Å². The van der Waals surface area contributed by atoms with Crippen molar-refractivity contribution in [3.8, 4) is 5.75 Å². The van der Waals surface area contributed by atoms with E-state index in [-0.39, 0.29) is 24.2 Å². The van der Waals surface area contributed by atoms with Crippen molar-refractivity contribution in [2.75, 3.05) is 19.7 Å². The second-order valence-corrected chi connectivity index (χ2v) is 7.01. The lowest BCUT2D eigenvalue weighted by molar-refractivity contribution is -0.142. The van der Waals surface area contributed by atoms with Gasteiger partial charge in [0.15, 0.2) is 0 Å². The normalized spacial score (nSPS) is 19.0. The molecule has 1 aromatic carbocycles. The lowest BCUT2D eigenvalue weighted by Crippen LogP contribution is -2.49. The molecule has 7 heteroatoms. The Kier molecular flexibility index (Phi) is 7.64. The lowest BCUT2D eigenvalue weighted by Gasteiger charge is -2.33. The quantitative estimate of drug-likeness (QED) is 0.723. The molecule has 1 aliphatic heterocycles. The molecule has 148 valence electrons. The topological polar surface area (TPSA) is 95.9 Å². The first kappa shape index (κ1) is 20.7. The van der Waals surface area contributed by atoms with Gasteiger partial charge in [0.05, 0.1) is 24.9 Å². The number of hydrogen-bond acceptors (Lipinski definition) is 4. The molecule has 3 atom stereocenters. The molecule has 7 nitrogen and oxygen atoms in total. The summed E-state index contributed by atoms with van der Waals surface area (Å²) in [5.74, 6) is -1.40. The number of carbonyl (C=O) groups is 3. The average Bonchev–Trinajstić information content (AvgIpc) is 2.68. The number of hydrogen-bond donors (Lipinski definition) is 2. The van der Waals surface area contributed by atoms with Crippen LogP contribution < -0.4 is 10.1 Å². The minimum atomic E-state index is -0.943. The highest BCUT2D eigenvalue weighted by molar-refractivity contribution is 5.82. The third-order valence-electron chi connectivity index (χ3n) is 4.98. The number of nitrogens with zero attached hydrogens (tertiary/aromatic N) is 1. The van der Waals surface area contributed by atoms with Crippen LogP contribution in [0, 0.1) is 11.8 Å². The fourth-order valence-corrected chi connectivity index (χ4v) is 3.03. The van der Waals surface area contributed by atoms with Crippen molar-refractivity contribution in [1.82, 2.24) is 10.2 Å². The highest BCUT2D eigenvalue weighted by atomic mass is 16.5. The van der Waals surface area contributed by atoms with Gasteiger partial charge in [0, 0.05) is 19.1 Å². The monoisotopic (exact) mass is 376 g/mol. The number of para-hydroxylation sites is 1. The van der Waals surface area contributed by atoms with Crippen molar-refractivity contribution in [3.05, 3.63) is 30.3 Å². The van der Waals surface area contributed by atoms with Crippen molar-refractivity contribution in [3.63, 3.8) is 0 Å². The second kappa shape index (κ2) is 9.94. The molecule has 0 saturated carbocycles. The summed E-state index contributed by atoms with van der Waals surface area (Å²) in [7, 11) is 0. The van der Waals surface area contributed by atoms with E-state index >= 15 is 0 Å². The Morgan fingerprint density at radius 2 is 1.96 bits per heavy atom. The van der Waals surface area contributed by atoms with E-state index in [1.807, 2.05) is 30.3 Å². The summed E-state index contributed by atoms with van der Waals surface area (Å²) < 4.78 is 5.56. The van der Waals surface area contributed by atoms with E-state index in [4.69, 9.17) is 9.84 Å². The number of ether oxygens (including phenoxy) is 1. The van der Waals surface area contributed by atoms with Gasteiger partial charge in [-0.15, -0.1) is 0 Å². The number of carboxylic acid groups (broad SMARTS) is 1. The molecule has 27 heavy (non-hydrogen) atoms. The summed E-state index contributed by atoms with van der Waals surface area (Å²) >= 11 is 0. The number of piperidine rings is 1. The van der Waals surface area contributed by atoms with Crippen LogP contribution in [0.15, 0.2) is 30.3 Å². The van der Waals surface area contributed by atoms with Crippen molar-refractivity contribution in [2.45, 2.75) is 39.2 Å². The Morgan fingerprint density at radius 3 is 2.63 bits per heavy atom. The van der Waals surface area contributed by atoms with Crippen LogP contribution >= 0.6 is 0 Å². The number of carboxylic acids is 1. The molecular weight excluding hydrogens is 348 g/mol. The van der Waals surface area contributed by atoms with E-state index in [1.54, 1.807) is 18.7 Å². The predicted octanol–water partition coefficient (Wildman–Crippen LogP) is 1.92. The van der Waals surface area contributed by atoms with Gasteiger partial charge >= 0.3 is 5.97 Å². The van der Waals surface area contributed by atoms with Crippen LogP contribution in [0.1, 0.15) is 33.1 Å². The molecule has 0 bridgehead atoms. The first-order chi connectivity index (χ1) is 12.9. The predicted molar refractivity (Wildman–Crippen MR) is 100 cm³/mol. The molecule has 1 fully saturated rings. The molecule has 0 aliphatic carbocycles. The molecule has 2 N–H and O–H groups in total. The number of benzene rings is 1. The zero-order valence-electron chi connectivity index (χ0n) is 15.9. The maximum absolute atomic E-state index is 12.4. The largest absolute Gasteiger partial charge is 0.493 e. The molecule has 0 radical (unpaired) electrons. The van der Waals surface area contributed by atoms with Crippen LogP contribution in [-0.2, 0) is 14.4 Å². The summed E-state index contributed by atoms with van der Waals surface area (Å²) in [5, 5.41) is 11.8. The Labute approximate surface area is 159 Å². The number of aliphatic carboxylic acids is 1. The first-order valence-electron chi connectivity index (χ1n) is 9.37. The van der Waals surface area contributed by atoms with E-state index in [9.17, 15) is 14.4 Å². The molecule has 1 heterocycles. The molecule has 2 amide bonds. The Balaban J connectivity index is 1.79. The van der Waals surface area contributed by atoms with Gasteiger partial charge in [0.2, 0.25) is 11.8 Å². The molecule has 0 spiro atoms. The highest BCUT2D eigenvalue weighted by Crippen LogP contribution is 2.18. The van der Waals surface area contributed by atoms with Gasteiger partial charge < -0.3 is 20.1 Å². The van der Waals surface area contributed by atoms with Crippen LogP contribution in [0.5, 0.6) is 5.75 Å². The van der Waals surface area contributed by atoms with Gasteiger partial charge in [-0.3, -0.25) is 14.4 Å². The fourth-order valence-electron chi connectivity index (χ4n) is 3.03. The number of rotatable bonds is 8. The van der Waals surface area contributed by atoms with Crippen LogP contribution in [0.25, 0.3) is 0 Å². The fraction of sp³-hybridized carbons (Fsp3) is 0.550. The van der Waals surface area contributed by atoms with Gasteiger partial charge in [-0.2, -0.15) is 0 Å². The standard InChI is InChI=1S/C20H28N2O5/c1-14(20(25)26)15(2)21-19(24)16-7-6-11-22(13-16)18(23)10-12-27-17-8-4-3-5-9-17/h3-5,8-9,14-16H,6-7,10-13H2,1-2H3,(H,21,24)(H,25,26). The zero-order chi connectivity index (χ0) is 19.8. The van der Waals surface area contributed by atoms with Gasteiger partial charge in [0.25, 0.3) is 0 Å². The van der Waals surface area contributed by atoms with E-state index in [2.05, 4.69) is 5.32 Å². The molecule has 0 aromatic heterocycles. The van der Waals surface area contributed by atoms with Crippen molar-refractivity contribution in [2.24, 2.45) is 11.8 Å². The zero-order valence-corrected chi connectivity index (χ0v) is 15.9. The van der Waals surface area contributed by atoms with E-state index in [1.165, 1.54) is 0 Å². The van der Waals surface area contributed by atoms with Gasteiger partial charge in [-0.25, -0.2) is 0 Å². The average molecular weight is 376 g/mol. The van der Waals surface area contributed by atoms with Gasteiger partial charge in [-0.1, -0.05) is 18.2 Å². The number of carbonyl (C=O) groups excluding carboxylic acids is 2. The van der Waals surface area contributed by atoms with Crippen LogP contribution in [0.4, 0.5) is 0 Å². The van der Waals surface area contributed by atoms with Crippen LogP contribution in [0.3, 0.4) is 0 Å². The molecule has 3 unspecified atom stereocenters. The summed E-state index contributed by atoms with van der Waals surface area (Å²) in [5.41, 5.74) is 0. The molecule has 1 aliphatic rings. The Morgan fingerprint density at radius 1 is 1.26 bits per heavy atom. The smallest absolute Gasteiger partial charge is 0.308 e. The maximum Gasteiger partial charge on any atom is 0.308 e. The minimum Gasteiger partial charge on any atom is -0.493 e. The lowest BCUT2D eigenvalue weighted by atomic mass is 9.95. The van der Waals surface area contributed by atoms with Crippen LogP contribution in [0.2, 0.25) is 0 Å². The Bertz CT molecular complexity index is 649. The molecule has 2 rings (SSSR count). The minimum absolute atomic E-state index is 0.0321.